The van der Waals surface area contributed by atoms with Crippen LogP contribution in [0.1, 0.15) is 0 Å². The van der Waals surface area contributed by atoms with E-state index in [4.69, 9.17) is 22.8 Å². The highest BCUT2D eigenvalue weighted by Gasteiger charge is 2.47. The van der Waals surface area contributed by atoms with Gasteiger partial charge in [-0.1, -0.05) is 0 Å². The monoisotopic (exact) mass is 221 g/mol. The molecule has 3 fully saturated rings. The maximum Gasteiger partial charge on any atom is 0.681 e. The summed E-state index contributed by atoms with van der Waals surface area (Å²) in [5.41, 5.74) is 0. The Morgan fingerprint density at radius 3 is 2.00 bits per heavy atom. The molecule has 0 saturated carbocycles. The molecule has 0 unspecified atom stereocenters. The Labute approximate surface area is 83.8 Å². The van der Waals surface area contributed by atoms with Gasteiger partial charge in [-0.15, -0.1) is 0 Å². The Kier molecular flexibility index (Phi) is 3.50. The zero-order chi connectivity index (χ0) is 9.86. The molecular formula is C7H15NO5Si. The average molecular weight is 221 g/mol. The normalized spacial score (nSPS) is 38.8. The lowest BCUT2D eigenvalue weighted by Crippen LogP contribution is -2.57. The Bertz CT molecular complexity index is 166. The lowest BCUT2D eigenvalue weighted by Gasteiger charge is -2.36. The van der Waals surface area contributed by atoms with Crippen LogP contribution in [-0.4, -0.2) is 65.3 Å². The Hall–Kier alpha value is -0.0231. The highest BCUT2D eigenvalue weighted by Crippen LogP contribution is 2.16. The van der Waals surface area contributed by atoms with Gasteiger partial charge in [0.25, 0.3) is 0 Å². The van der Waals surface area contributed by atoms with E-state index in [1.54, 1.807) is 0 Å². The maximum atomic E-state index is 8.75. The van der Waals surface area contributed by atoms with Crippen LogP contribution in [0.2, 0.25) is 0 Å². The van der Waals surface area contributed by atoms with Crippen molar-refractivity contribution in [1.29, 1.82) is 0 Å². The first-order chi connectivity index (χ1) is 6.85. The van der Waals surface area contributed by atoms with Gasteiger partial charge in [-0.25, -0.2) is 0 Å². The average Bonchev–Trinajstić information content (AvgIpc) is 2.06. The van der Waals surface area contributed by atoms with Crippen molar-refractivity contribution in [3.63, 3.8) is 0 Å². The van der Waals surface area contributed by atoms with Crippen molar-refractivity contribution in [1.82, 2.24) is 4.90 Å². The number of fused-ring (bicyclic) bond motifs is 6. The summed E-state index contributed by atoms with van der Waals surface area (Å²) in [6.45, 7) is 3.80. The largest absolute Gasteiger partial charge is 0.681 e. The van der Waals surface area contributed by atoms with Crippen LogP contribution in [0.5, 0.6) is 0 Å². The van der Waals surface area contributed by atoms with E-state index in [9.17, 15) is 0 Å². The number of aliphatic hydroxyl groups excluding tert-OH is 1. The Balaban J connectivity index is 2.04. The van der Waals surface area contributed by atoms with Gasteiger partial charge in [0.05, 0.1) is 19.8 Å². The van der Waals surface area contributed by atoms with Crippen LogP contribution >= 0.6 is 0 Å². The summed E-state index contributed by atoms with van der Waals surface area (Å²) in [7, 11) is -3.00. The minimum absolute atomic E-state index is 0.421. The minimum Gasteiger partial charge on any atom is -0.371 e. The van der Waals surface area contributed by atoms with E-state index >= 15 is 0 Å². The van der Waals surface area contributed by atoms with E-state index in [0.717, 1.165) is 19.6 Å². The molecule has 0 amide bonds. The van der Waals surface area contributed by atoms with Gasteiger partial charge in [-0.2, -0.15) is 0 Å². The van der Waals surface area contributed by atoms with Crippen LogP contribution in [0.3, 0.4) is 0 Å². The van der Waals surface area contributed by atoms with Gasteiger partial charge in [-0.05, 0) is 0 Å². The first kappa shape index (κ1) is 10.5. The number of aliphatic hydroxyl groups is 1. The molecule has 82 valence electrons. The first-order valence-electron chi connectivity index (χ1n) is 4.74. The van der Waals surface area contributed by atoms with Crippen molar-refractivity contribution in [3.05, 3.63) is 0 Å². The van der Waals surface area contributed by atoms with Gasteiger partial charge in [0, 0.05) is 19.6 Å². The van der Waals surface area contributed by atoms with Crippen LogP contribution < -0.4 is 0 Å². The van der Waals surface area contributed by atoms with Crippen LogP contribution in [0.4, 0.5) is 0 Å². The summed E-state index contributed by atoms with van der Waals surface area (Å²) in [5, 5.41) is 8.75. The van der Waals surface area contributed by atoms with Gasteiger partial charge >= 0.3 is 9.05 Å². The summed E-state index contributed by atoms with van der Waals surface area (Å²) < 4.78 is 21.4. The predicted molar refractivity (Wildman–Crippen MR) is 48.2 cm³/mol. The van der Waals surface area contributed by atoms with Crippen molar-refractivity contribution in [3.8, 4) is 0 Å². The highest BCUT2D eigenvalue weighted by atomic mass is 28.4. The Morgan fingerprint density at radius 1 is 1.07 bits per heavy atom. The van der Waals surface area contributed by atoms with Crippen LogP contribution in [-0.2, 0) is 17.7 Å². The lowest BCUT2D eigenvalue weighted by atomic mass is 10.4. The van der Waals surface area contributed by atoms with Crippen LogP contribution in [0.25, 0.3) is 0 Å². The fourth-order valence-electron chi connectivity index (χ4n) is 1.56. The fourth-order valence-corrected chi connectivity index (χ4v) is 3.25. The van der Waals surface area contributed by atoms with Gasteiger partial charge in [0.1, 0.15) is 6.79 Å². The molecule has 6 nitrogen and oxygen atoms in total. The molecule has 3 heterocycles. The molecular weight excluding hydrogens is 206 g/mol. The molecule has 0 atom stereocenters. The summed E-state index contributed by atoms with van der Waals surface area (Å²) in [5.74, 6) is 0. The van der Waals surface area contributed by atoms with Crippen molar-refractivity contribution in [2.75, 3.05) is 46.2 Å². The predicted octanol–water partition coefficient (Wildman–Crippen LogP) is -1.23. The molecule has 0 spiro atoms. The van der Waals surface area contributed by atoms with Gasteiger partial charge in [-0.3, -0.25) is 4.90 Å². The molecule has 7 heteroatoms. The molecule has 3 aliphatic rings. The van der Waals surface area contributed by atoms with Crippen molar-refractivity contribution < 1.29 is 22.8 Å². The molecule has 14 heavy (non-hydrogen) atoms. The second-order valence-corrected chi connectivity index (χ2v) is 5.32. The summed E-state index contributed by atoms with van der Waals surface area (Å²) in [6, 6.07) is 0. The fraction of sp³-hybridized carbons (Fsp3) is 1.00. The van der Waals surface area contributed by atoms with Crippen molar-refractivity contribution >= 4 is 9.05 Å². The molecule has 3 saturated heterocycles. The quantitative estimate of drug-likeness (QED) is 0.465. The van der Waals surface area contributed by atoms with Crippen molar-refractivity contribution in [2.24, 2.45) is 0 Å². The SMILES string of the molecule is OCO[Si]12OCCN(CCO1)CCO2. The second-order valence-electron chi connectivity index (χ2n) is 3.16. The number of hydrogen-bond acceptors (Lipinski definition) is 6. The van der Waals surface area contributed by atoms with Crippen LogP contribution in [0, 0.1) is 0 Å². The van der Waals surface area contributed by atoms with E-state index in [0.29, 0.717) is 19.8 Å². The zero-order valence-electron chi connectivity index (χ0n) is 7.98. The third kappa shape index (κ3) is 2.31. The van der Waals surface area contributed by atoms with Crippen molar-refractivity contribution in [2.45, 2.75) is 0 Å². The summed E-state index contributed by atoms with van der Waals surface area (Å²) in [4.78, 5) is 2.22. The maximum absolute atomic E-state index is 8.75. The topological polar surface area (TPSA) is 60.4 Å². The molecule has 0 radical (unpaired) electrons. The number of rotatable bonds is 2. The zero-order valence-corrected chi connectivity index (χ0v) is 8.98. The third-order valence-electron chi connectivity index (χ3n) is 2.30. The van der Waals surface area contributed by atoms with E-state index < -0.39 is 15.8 Å². The second kappa shape index (κ2) is 4.66. The molecule has 0 aromatic carbocycles. The smallest absolute Gasteiger partial charge is 0.371 e. The molecule has 0 aliphatic carbocycles. The molecule has 1 N–H and O–H groups in total. The molecule has 3 aliphatic heterocycles. The van der Waals surface area contributed by atoms with Gasteiger partial charge in [0.15, 0.2) is 0 Å². The van der Waals surface area contributed by atoms with E-state index in [-0.39, 0.29) is 0 Å². The first-order valence-corrected chi connectivity index (χ1v) is 6.37. The summed E-state index contributed by atoms with van der Waals surface area (Å²) >= 11 is 0. The third-order valence-corrected chi connectivity index (χ3v) is 4.46. The van der Waals surface area contributed by atoms with Crippen LogP contribution in [0.15, 0.2) is 0 Å². The van der Waals surface area contributed by atoms with E-state index in [1.807, 2.05) is 0 Å². The van der Waals surface area contributed by atoms with Gasteiger partial charge < -0.3 is 22.8 Å². The number of nitrogens with zero attached hydrogens (tertiary/aromatic N) is 1. The standard InChI is InChI=1S/C7H15NO5Si/c9-7-13-14-10-4-1-8(2-5-11-14)3-6-12-14/h9H,1-7H2. The molecule has 0 aromatic rings. The molecule has 3 rings (SSSR count). The summed E-state index contributed by atoms with van der Waals surface area (Å²) in [6.07, 6.45) is 0. The highest BCUT2D eigenvalue weighted by molar-refractivity contribution is 6.53. The molecule has 0 aromatic heterocycles. The minimum atomic E-state index is -3.00. The molecule has 2 bridgehead atoms. The number of hydrogen-bond donors (Lipinski definition) is 1. The van der Waals surface area contributed by atoms with E-state index in [1.165, 1.54) is 0 Å². The van der Waals surface area contributed by atoms with Gasteiger partial charge in [0.2, 0.25) is 0 Å². The Morgan fingerprint density at radius 2 is 1.57 bits per heavy atom. The lowest BCUT2D eigenvalue weighted by molar-refractivity contribution is -0.0988. The van der Waals surface area contributed by atoms with E-state index in [2.05, 4.69) is 4.90 Å².